The summed E-state index contributed by atoms with van der Waals surface area (Å²) in [5.74, 6) is -0.128. The number of rotatable bonds is 6. The van der Waals surface area contributed by atoms with Crippen LogP contribution in [0.1, 0.15) is 41.3 Å². The third-order valence-electron chi connectivity index (χ3n) is 4.40. The molecule has 2 aromatic carbocycles. The first kappa shape index (κ1) is 17.9. The topological polar surface area (TPSA) is 59.4 Å². The first-order valence-electron chi connectivity index (χ1n) is 8.88. The van der Waals surface area contributed by atoms with Crippen LogP contribution in [0, 0.1) is 13.8 Å². The molecule has 1 heterocycles. The number of unbranched alkanes of at least 4 members (excludes halogenated alkanes) is 1. The van der Waals surface area contributed by atoms with Gasteiger partial charge in [0, 0.05) is 10.9 Å². The fourth-order valence-corrected chi connectivity index (χ4v) is 3.06. The zero-order valence-corrected chi connectivity index (χ0v) is 15.4. The molecule has 4 heteroatoms. The van der Waals surface area contributed by atoms with Gasteiger partial charge < -0.3 is 9.84 Å². The maximum Gasteiger partial charge on any atom is 0.336 e. The van der Waals surface area contributed by atoms with Crippen LogP contribution in [0.25, 0.3) is 22.2 Å². The summed E-state index contributed by atoms with van der Waals surface area (Å²) in [7, 11) is 0. The van der Waals surface area contributed by atoms with Crippen LogP contribution in [0.3, 0.4) is 0 Å². The number of nitrogens with zero attached hydrogens (tertiary/aromatic N) is 1. The van der Waals surface area contributed by atoms with E-state index < -0.39 is 5.97 Å². The van der Waals surface area contributed by atoms with Crippen LogP contribution in [0.15, 0.2) is 42.5 Å². The van der Waals surface area contributed by atoms with E-state index in [1.807, 2.05) is 50.2 Å². The van der Waals surface area contributed by atoms with E-state index in [2.05, 4.69) is 6.92 Å². The zero-order chi connectivity index (χ0) is 18.7. The molecule has 3 aromatic rings. The molecule has 0 saturated carbocycles. The predicted molar refractivity (Wildman–Crippen MR) is 104 cm³/mol. The summed E-state index contributed by atoms with van der Waals surface area (Å²) in [6, 6.07) is 13.2. The van der Waals surface area contributed by atoms with Crippen LogP contribution in [0.2, 0.25) is 0 Å². The Morgan fingerprint density at radius 2 is 1.85 bits per heavy atom. The maximum absolute atomic E-state index is 11.8. The zero-order valence-electron chi connectivity index (χ0n) is 15.4. The standard InChI is InChI=1S/C22H23NO3/c1-4-5-10-26-17-8-6-16(7-9-17)20-13-19(22(24)25)18-12-14(2)11-15(3)21(18)23-20/h6-9,11-13H,4-5,10H2,1-3H3,(H,24,25). The minimum atomic E-state index is -0.942. The molecule has 0 saturated heterocycles. The van der Waals surface area contributed by atoms with Crippen molar-refractivity contribution in [3.8, 4) is 17.0 Å². The van der Waals surface area contributed by atoms with Crippen LogP contribution in [0.5, 0.6) is 5.75 Å². The highest BCUT2D eigenvalue weighted by atomic mass is 16.5. The molecule has 0 spiro atoms. The van der Waals surface area contributed by atoms with E-state index in [1.54, 1.807) is 6.07 Å². The Bertz CT molecular complexity index is 946. The first-order valence-corrected chi connectivity index (χ1v) is 8.88. The summed E-state index contributed by atoms with van der Waals surface area (Å²) in [5.41, 5.74) is 4.54. The molecule has 1 aromatic heterocycles. The minimum Gasteiger partial charge on any atom is -0.494 e. The molecule has 26 heavy (non-hydrogen) atoms. The van der Waals surface area contributed by atoms with Crippen molar-refractivity contribution in [3.05, 3.63) is 59.2 Å². The molecule has 0 unspecified atom stereocenters. The smallest absolute Gasteiger partial charge is 0.336 e. The van der Waals surface area contributed by atoms with Gasteiger partial charge in [-0.05, 0) is 62.2 Å². The summed E-state index contributed by atoms with van der Waals surface area (Å²) >= 11 is 0. The number of benzene rings is 2. The molecule has 0 radical (unpaired) electrons. The van der Waals surface area contributed by atoms with Gasteiger partial charge >= 0.3 is 5.97 Å². The van der Waals surface area contributed by atoms with Gasteiger partial charge in [-0.1, -0.05) is 25.0 Å². The van der Waals surface area contributed by atoms with Crippen LogP contribution in [0.4, 0.5) is 0 Å². The summed E-state index contributed by atoms with van der Waals surface area (Å²) in [5, 5.41) is 10.3. The molecule has 4 nitrogen and oxygen atoms in total. The van der Waals surface area contributed by atoms with Crippen molar-refractivity contribution >= 4 is 16.9 Å². The average molecular weight is 349 g/mol. The fourth-order valence-electron chi connectivity index (χ4n) is 3.06. The Kier molecular flexibility index (Phi) is 5.21. The minimum absolute atomic E-state index is 0.278. The largest absolute Gasteiger partial charge is 0.494 e. The predicted octanol–water partition coefficient (Wildman–Crippen LogP) is 5.40. The van der Waals surface area contributed by atoms with Crippen molar-refractivity contribution in [2.75, 3.05) is 6.61 Å². The van der Waals surface area contributed by atoms with Gasteiger partial charge in [-0.15, -0.1) is 0 Å². The maximum atomic E-state index is 11.8. The third kappa shape index (κ3) is 3.69. The van der Waals surface area contributed by atoms with Crippen LogP contribution in [-0.2, 0) is 0 Å². The molecule has 0 fully saturated rings. The highest BCUT2D eigenvalue weighted by Gasteiger charge is 2.15. The van der Waals surface area contributed by atoms with Crippen LogP contribution >= 0.6 is 0 Å². The van der Waals surface area contributed by atoms with Crippen LogP contribution in [-0.4, -0.2) is 22.7 Å². The van der Waals surface area contributed by atoms with Gasteiger partial charge in [0.1, 0.15) is 5.75 Å². The molecule has 3 rings (SSSR count). The molecule has 0 aliphatic rings. The Morgan fingerprint density at radius 1 is 1.12 bits per heavy atom. The van der Waals surface area contributed by atoms with Crippen molar-refractivity contribution in [2.45, 2.75) is 33.6 Å². The summed E-state index contributed by atoms with van der Waals surface area (Å²) in [6.07, 6.45) is 2.12. The number of aromatic nitrogens is 1. The Morgan fingerprint density at radius 3 is 2.50 bits per heavy atom. The second kappa shape index (κ2) is 7.56. The lowest BCUT2D eigenvalue weighted by atomic mass is 10.00. The quantitative estimate of drug-likeness (QED) is 0.606. The number of carboxylic acid groups (broad SMARTS) is 1. The summed E-state index contributed by atoms with van der Waals surface area (Å²) in [4.78, 5) is 16.5. The van der Waals surface area contributed by atoms with E-state index >= 15 is 0 Å². The molecular weight excluding hydrogens is 326 g/mol. The van der Waals surface area contributed by atoms with E-state index in [-0.39, 0.29) is 5.56 Å². The van der Waals surface area contributed by atoms with E-state index in [0.29, 0.717) is 17.7 Å². The van der Waals surface area contributed by atoms with E-state index in [1.165, 1.54) is 0 Å². The number of aryl methyl sites for hydroxylation is 2. The van der Waals surface area contributed by atoms with Crippen LogP contribution < -0.4 is 4.74 Å². The molecule has 0 aliphatic carbocycles. The molecule has 0 amide bonds. The second-order valence-corrected chi connectivity index (χ2v) is 6.56. The number of carbonyl (C=O) groups is 1. The summed E-state index contributed by atoms with van der Waals surface area (Å²) < 4.78 is 5.69. The number of carboxylic acids is 1. The number of hydrogen-bond donors (Lipinski definition) is 1. The molecule has 0 bridgehead atoms. The van der Waals surface area contributed by atoms with Gasteiger partial charge in [-0.3, -0.25) is 0 Å². The SMILES string of the molecule is CCCCOc1ccc(-c2cc(C(=O)O)c3cc(C)cc(C)c3n2)cc1. The van der Waals surface area contributed by atoms with Gasteiger partial charge in [0.15, 0.2) is 0 Å². The number of ether oxygens (including phenoxy) is 1. The fraction of sp³-hybridized carbons (Fsp3) is 0.273. The Labute approximate surface area is 153 Å². The van der Waals surface area contributed by atoms with Gasteiger partial charge in [0.05, 0.1) is 23.4 Å². The van der Waals surface area contributed by atoms with Crippen molar-refractivity contribution in [2.24, 2.45) is 0 Å². The Balaban J connectivity index is 2.04. The number of hydrogen-bond acceptors (Lipinski definition) is 3. The van der Waals surface area contributed by atoms with Gasteiger partial charge in [-0.2, -0.15) is 0 Å². The number of pyridine rings is 1. The molecule has 1 N–H and O–H groups in total. The van der Waals surface area contributed by atoms with E-state index in [9.17, 15) is 9.90 Å². The molecule has 0 atom stereocenters. The van der Waals surface area contributed by atoms with Crippen molar-refractivity contribution in [3.63, 3.8) is 0 Å². The Hall–Kier alpha value is -2.88. The van der Waals surface area contributed by atoms with Gasteiger partial charge in [0.25, 0.3) is 0 Å². The summed E-state index contributed by atoms with van der Waals surface area (Å²) in [6.45, 7) is 6.75. The normalized spacial score (nSPS) is 10.9. The molecule has 134 valence electrons. The number of fused-ring (bicyclic) bond motifs is 1. The van der Waals surface area contributed by atoms with Crippen molar-refractivity contribution < 1.29 is 14.6 Å². The van der Waals surface area contributed by atoms with Crippen molar-refractivity contribution in [1.82, 2.24) is 4.98 Å². The van der Waals surface area contributed by atoms with Gasteiger partial charge in [0.2, 0.25) is 0 Å². The average Bonchev–Trinajstić information content (AvgIpc) is 2.61. The molecule has 0 aliphatic heterocycles. The third-order valence-corrected chi connectivity index (χ3v) is 4.40. The first-order chi connectivity index (χ1) is 12.5. The highest BCUT2D eigenvalue weighted by Crippen LogP contribution is 2.29. The van der Waals surface area contributed by atoms with E-state index in [0.717, 1.165) is 40.8 Å². The lowest BCUT2D eigenvalue weighted by Crippen LogP contribution is -2.02. The lowest BCUT2D eigenvalue weighted by molar-refractivity contribution is 0.0699. The monoisotopic (exact) mass is 349 g/mol. The van der Waals surface area contributed by atoms with Crippen molar-refractivity contribution in [1.29, 1.82) is 0 Å². The second-order valence-electron chi connectivity index (χ2n) is 6.56. The lowest BCUT2D eigenvalue weighted by Gasteiger charge is -2.11. The van der Waals surface area contributed by atoms with E-state index in [4.69, 9.17) is 9.72 Å². The number of aromatic carboxylic acids is 1. The molecular formula is C22H23NO3. The van der Waals surface area contributed by atoms with Gasteiger partial charge in [-0.25, -0.2) is 9.78 Å². The highest BCUT2D eigenvalue weighted by molar-refractivity contribution is 6.04.